The van der Waals surface area contributed by atoms with E-state index in [1.54, 1.807) is 7.11 Å². The molecule has 1 aromatic heterocycles. The van der Waals surface area contributed by atoms with Crippen LogP contribution < -0.4 is 10.1 Å². The fraction of sp³-hybridized carbons (Fsp3) is 0.417. The predicted molar refractivity (Wildman–Crippen MR) is 122 cm³/mol. The summed E-state index contributed by atoms with van der Waals surface area (Å²) in [4.78, 5) is 21.4. The minimum absolute atomic E-state index is 0.0774. The maximum atomic E-state index is 12.6. The molecular formula is C24H30N4O3. The van der Waals surface area contributed by atoms with Gasteiger partial charge in [0.1, 0.15) is 11.3 Å². The van der Waals surface area contributed by atoms with Crippen molar-refractivity contribution in [3.05, 3.63) is 53.9 Å². The van der Waals surface area contributed by atoms with Crippen molar-refractivity contribution in [2.45, 2.75) is 32.7 Å². The average molecular weight is 423 g/mol. The number of nitrogens with one attached hydrogen (secondary N) is 1. The summed E-state index contributed by atoms with van der Waals surface area (Å²) in [6, 6.07) is 13.5. The van der Waals surface area contributed by atoms with Gasteiger partial charge >= 0.3 is 6.03 Å². The van der Waals surface area contributed by atoms with Crippen LogP contribution in [0.5, 0.6) is 5.75 Å². The summed E-state index contributed by atoms with van der Waals surface area (Å²) in [5, 5.41) is 2.94. The number of urea groups is 1. The maximum absolute atomic E-state index is 12.6. The van der Waals surface area contributed by atoms with Gasteiger partial charge in [0.25, 0.3) is 0 Å². The molecule has 0 spiro atoms. The zero-order chi connectivity index (χ0) is 22.0. The molecule has 31 heavy (non-hydrogen) atoms. The zero-order valence-corrected chi connectivity index (χ0v) is 18.6. The first-order valence-electron chi connectivity index (χ1n) is 10.6. The van der Waals surface area contributed by atoms with E-state index in [4.69, 9.17) is 14.1 Å². The van der Waals surface area contributed by atoms with Gasteiger partial charge in [-0.3, -0.25) is 4.90 Å². The Kier molecular flexibility index (Phi) is 5.87. The van der Waals surface area contributed by atoms with Crippen LogP contribution in [0.15, 0.2) is 46.9 Å². The third kappa shape index (κ3) is 4.82. The minimum atomic E-state index is -0.110. The summed E-state index contributed by atoms with van der Waals surface area (Å²) in [6.45, 7) is 10.1. The second kappa shape index (κ2) is 8.59. The topological polar surface area (TPSA) is 70.8 Å². The fourth-order valence-electron chi connectivity index (χ4n) is 3.75. The number of piperazine rings is 1. The molecule has 2 amide bonds. The molecule has 7 heteroatoms. The average Bonchev–Trinajstić information content (AvgIpc) is 3.15. The number of amides is 2. The van der Waals surface area contributed by atoms with Crippen LogP contribution in [0.2, 0.25) is 0 Å². The van der Waals surface area contributed by atoms with Crippen molar-refractivity contribution < 1.29 is 13.9 Å². The summed E-state index contributed by atoms with van der Waals surface area (Å²) >= 11 is 0. The van der Waals surface area contributed by atoms with Gasteiger partial charge < -0.3 is 19.4 Å². The van der Waals surface area contributed by atoms with E-state index < -0.39 is 0 Å². The van der Waals surface area contributed by atoms with Gasteiger partial charge in [0.2, 0.25) is 5.89 Å². The molecule has 164 valence electrons. The summed E-state index contributed by atoms with van der Waals surface area (Å²) in [6.07, 6.45) is 0. The largest absolute Gasteiger partial charge is 0.495 e. The summed E-state index contributed by atoms with van der Waals surface area (Å²) in [5.41, 5.74) is 3.72. The number of methoxy groups -OCH3 is 1. The summed E-state index contributed by atoms with van der Waals surface area (Å²) in [7, 11) is 1.60. The quantitative estimate of drug-likeness (QED) is 0.671. The number of para-hydroxylation sites is 2. The van der Waals surface area contributed by atoms with Crippen molar-refractivity contribution in [2.24, 2.45) is 0 Å². The van der Waals surface area contributed by atoms with Crippen LogP contribution in [0.25, 0.3) is 11.1 Å². The predicted octanol–water partition coefficient (Wildman–Crippen LogP) is 4.48. The molecular weight excluding hydrogens is 392 g/mol. The van der Waals surface area contributed by atoms with E-state index in [1.807, 2.05) is 35.2 Å². The highest BCUT2D eigenvalue weighted by Gasteiger charge is 2.23. The standard InChI is InChI=1S/C24H30N4O3/c1-24(2,3)17-9-10-21-19(15-17)25-22(31-21)16-27-11-13-28(14-12-27)23(29)26-18-7-5-6-8-20(18)30-4/h5-10,15H,11-14,16H2,1-4H3,(H,26,29). The third-order valence-electron chi connectivity index (χ3n) is 5.66. The fourth-order valence-corrected chi connectivity index (χ4v) is 3.75. The van der Waals surface area contributed by atoms with Crippen molar-refractivity contribution >= 4 is 22.8 Å². The first-order valence-corrected chi connectivity index (χ1v) is 10.6. The SMILES string of the molecule is COc1ccccc1NC(=O)N1CCN(Cc2nc3cc(C(C)(C)C)ccc3o2)CC1. The lowest BCUT2D eigenvalue weighted by Crippen LogP contribution is -2.49. The van der Waals surface area contributed by atoms with Crippen LogP contribution >= 0.6 is 0 Å². The van der Waals surface area contributed by atoms with Crippen LogP contribution in [-0.2, 0) is 12.0 Å². The van der Waals surface area contributed by atoms with Gasteiger partial charge in [0.15, 0.2) is 5.58 Å². The molecule has 0 aliphatic carbocycles. The lowest BCUT2D eigenvalue weighted by molar-refractivity contribution is 0.136. The van der Waals surface area contributed by atoms with E-state index in [9.17, 15) is 4.79 Å². The number of carbonyl (C=O) groups is 1. The molecule has 0 bridgehead atoms. The Balaban J connectivity index is 1.34. The van der Waals surface area contributed by atoms with E-state index in [1.165, 1.54) is 5.56 Å². The Bertz CT molecular complexity index is 1060. The first-order chi connectivity index (χ1) is 14.8. The number of benzene rings is 2. The third-order valence-corrected chi connectivity index (χ3v) is 5.66. The van der Waals surface area contributed by atoms with E-state index in [0.717, 1.165) is 24.2 Å². The number of fused-ring (bicyclic) bond motifs is 1. The highest BCUT2D eigenvalue weighted by molar-refractivity contribution is 5.91. The molecule has 1 aliphatic heterocycles. The zero-order valence-electron chi connectivity index (χ0n) is 18.6. The molecule has 4 rings (SSSR count). The number of anilines is 1. The van der Waals surface area contributed by atoms with Crippen LogP contribution in [0.4, 0.5) is 10.5 Å². The molecule has 2 aromatic carbocycles. The molecule has 1 saturated heterocycles. The Morgan fingerprint density at radius 2 is 1.87 bits per heavy atom. The van der Waals surface area contributed by atoms with E-state index in [0.29, 0.717) is 37.0 Å². The van der Waals surface area contributed by atoms with Gasteiger partial charge in [-0.1, -0.05) is 39.0 Å². The number of ether oxygens (including phenoxy) is 1. The molecule has 1 fully saturated rings. The molecule has 2 heterocycles. The number of nitrogens with zero attached hydrogens (tertiary/aromatic N) is 3. The summed E-state index contributed by atoms with van der Waals surface area (Å²) in [5.74, 6) is 1.37. The van der Waals surface area contributed by atoms with Crippen LogP contribution in [0.3, 0.4) is 0 Å². The molecule has 7 nitrogen and oxygen atoms in total. The lowest BCUT2D eigenvalue weighted by atomic mass is 9.87. The van der Waals surface area contributed by atoms with Gasteiger partial charge in [-0.25, -0.2) is 9.78 Å². The smallest absolute Gasteiger partial charge is 0.322 e. The van der Waals surface area contributed by atoms with Gasteiger partial charge in [-0.15, -0.1) is 0 Å². The van der Waals surface area contributed by atoms with Gasteiger partial charge in [0.05, 0.1) is 19.3 Å². The van der Waals surface area contributed by atoms with Crippen molar-refractivity contribution in [1.29, 1.82) is 0 Å². The van der Waals surface area contributed by atoms with Crippen LogP contribution in [-0.4, -0.2) is 54.1 Å². The monoisotopic (exact) mass is 422 g/mol. The highest BCUT2D eigenvalue weighted by atomic mass is 16.5. The Hall–Kier alpha value is -3.06. The number of aromatic nitrogens is 1. The van der Waals surface area contributed by atoms with Crippen molar-refractivity contribution in [1.82, 2.24) is 14.8 Å². The number of carbonyl (C=O) groups excluding carboxylic acids is 1. The molecule has 0 saturated carbocycles. The van der Waals surface area contributed by atoms with Gasteiger partial charge in [-0.2, -0.15) is 0 Å². The van der Waals surface area contributed by atoms with Crippen molar-refractivity contribution in [3.8, 4) is 5.75 Å². The Morgan fingerprint density at radius 1 is 1.13 bits per heavy atom. The number of rotatable bonds is 4. The van der Waals surface area contributed by atoms with Gasteiger partial charge in [-0.05, 0) is 35.2 Å². The highest BCUT2D eigenvalue weighted by Crippen LogP contribution is 2.27. The normalized spacial score (nSPS) is 15.3. The molecule has 0 unspecified atom stereocenters. The lowest BCUT2D eigenvalue weighted by Gasteiger charge is -2.34. The van der Waals surface area contributed by atoms with Crippen LogP contribution in [0, 0.1) is 0 Å². The minimum Gasteiger partial charge on any atom is -0.495 e. The number of hydrogen-bond acceptors (Lipinski definition) is 5. The Labute approximate surface area is 183 Å². The number of hydrogen-bond donors (Lipinski definition) is 1. The van der Waals surface area contributed by atoms with Crippen LogP contribution in [0.1, 0.15) is 32.2 Å². The summed E-state index contributed by atoms with van der Waals surface area (Å²) < 4.78 is 11.3. The van der Waals surface area contributed by atoms with E-state index in [2.05, 4.69) is 43.1 Å². The first kappa shape index (κ1) is 21.2. The van der Waals surface area contributed by atoms with E-state index in [-0.39, 0.29) is 11.4 Å². The maximum Gasteiger partial charge on any atom is 0.322 e. The molecule has 0 atom stereocenters. The molecule has 0 radical (unpaired) electrons. The second-order valence-electron chi connectivity index (χ2n) is 8.93. The molecule has 1 aliphatic rings. The van der Waals surface area contributed by atoms with Gasteiger partial charge in [0, 0.05) is 26.2 Å². The van der Waals surface area contributed by atoms with Crippen molar-refractivity contribution in [2.75, 3.05) is 38.6 Å². The Morgan fingerprint density at radius 3 is 2.58 bits per heavy atom. The number of oxazole rings is 1. The van der Waals surface area contributed by atoms with Crippen molar-refractivity contribution in [3.63, 3.8) is 0 Å². The second-order valence-corrected chi connectivity index (χ2v) is 8.93. The van der Waals surface area contributed by atoms with E-state index >= 15 is 0 Å². The molecule has 1 N–H and O–H groups in total. The molecule has 3 aromatic rings.